The lowest BCUT2D eigenvalue weighted by Gasteiger charge is -2.25. The largest absolute Gasteiger partial charge is 0.497 e. The van der Waals surface area contributed by atoms with Crippen molar-refractivity contribution in [2.24, 2.45) is 5.10 Å². The Morgan fingerprint density at radius 1 is 1.03 bits per heavy atom. The Labute approximate surface area is 182 Å². The molecule has 1 saturated heterocycles. The highest BCUT2D eigenvalue weighted by Gasteiger charge is 2.26. The van der Waals surface area contributed by atoms with Crippen molar-refractivity contribution >= 4 is 32.3 Å². The van der Waals surface area contributed by atoms with E-state index in [2.05, 4.69) is 21.6 Å². The van der Waals surface area contributed by atoms with E-state index in [1.165, 1.54) is 10.5 Å². The minimum atomic E-state index is -3.48. The number of rotatable bonds is 6. The normalized spacial score (nSPS) is 15.7. The van der Waals surface area contributed by atoms with Crippen LogP contribution in [0.3, 0.4) is 0 Å². The summed E-state index contributed by atoms with van der Waals surface area (Å²) in [4.78, 5) is 4.45. The van der Waals surface area contributed by atoms with Gasteiger partial charge < -0.3 is 4.74 Å². The Balaban J connectivity index is 1.47. The first kappa shape index (κ1) is 21.3. The minimum Gasteiger partial charge on any atom is -0.497 e. The van der Waals surface area contributed by atoms with Gasteiger partial charge in [0.05, 0.1) is 12.8 Å². The standard InChI is InChI=1S/C23H26N4O3S/c1-17(18-6-7-20-15-21(30-2)9-8-19(20)14-18)25-26-23-11-10-22(16-24-23)31(28,29)27-12-4-3-5-13-27/h6-11,14-16H,3-5,12-13H2,1-2H3,(H,24,26)/b25-17-. The first-order valence-corrected chi connectivity index (χ1v) is 11.8. The number of hydrogen-bond acceptors (Lipinski definition) is 6. The average molecular weight is 439 g/mol. The van der Waals surface area contributed by atoms with Gasteiger partial charge in [-0.15, -0.1) is 0 Å². The molecule has 1 aliphatic rings. The van der Waals surface area contributed by atoms with Gasteiger partial charge in [0.2, 0.25) is 10.0 Å². The zero-order valence-electron chi connectivity index (χ0n) is 17.7. The molecule has 0 unspecified atom stereocenters. The molecule has 31 heavy (non-hydrogen) atoms. The van der Waals surface area contributed by atoms with Gasteiger partial charge in [0.25, 0.3) is 0 Å². The number of fused-ring (bicyclic) bond motifs is 1. The zero-order chi connectivity index (χ0) is 21.8. The van der Waals surface area contributed by atoms with E-state index >= 15 is 0 Å². The number of ether oxygens (including phenoxy) is 1. The summed E-state index contributed by atoms with van der Waals surface area (Å²) in [7, 11) is -1.83. The van der Waals surface area contributed by atoms with E-state index in [-0.39, 0.29) is 4.90 Å². The lowest BCUT2D eigenvalue weighted by Crippen LogP contribution is -2.35. The van der Waals surface area contributed by atoms with E-state index in [0.29, 0.717) is 18.9 Å². The number of anilines is 1. The van der Waals surface area contributed by atoms with Crippen molar-refractivity contribution in [3.8, 4) is 5.75 Å². The SMILES string of the molecule is COc1ccc2cc(/C(C)=N\Nc3ccc(S(=O)(=O)N4CCCCC4)cn3)ccc2c1. The second-order valence-electron chi connectivity index (χ2n) is 7.58. The molecule has 8 heteroatoms. The van der Waals surface area contributed by atoms with Crippen molar-refractivity contribution in [3.05, 3.63) is 60.3 Å². The van der Waals surface area contributed by atoms with Crippen molar-refractivity contribution in [1.82, 2.24) is 9.29 Å². The number of sulfonamides is 1. The molecule has 0 bridgehead atoms. The molecule has 1 fully saturated rings. The summed E-state index contributed by atoms with van der Waals surface area (Å²) < 4.78 is 32.3. The van der Waals surface area contributed by atoms with Gasteiger partial charge in [-0.25, -0.2) is 13.4 Å². The van der Waals surface area contributed by atoms with Crippen LogP contribution in [0.25, 0.3) is 10.8 Å². The van der Waals surface area contributed by atoms with Crippen molar-refractivity contribution in [2.75, 3.05) is 25.6 Å². The number of nitrogens with zero attached hydrogens (tertiary/aromatic N) is 3. The fraction of sp³-hybridized carbons (Fsp3) is 0.304. The maximum Gasteiger partial charge on any atom is 0.244 e. The molecule has 2 heterocycles. The van der Waals surface area contributed by atoms with Crippen LogP contribution in [-0.2, 0) is 10.0 Å². The van der Waals surface area contributed by atoms with Crippen LogP contribution >= 0.6 is 0 Å². The van der Waals surface area contributed by atoms with Crippen LogP contribution in [-0.4, -0.2) is 43.6 Å². The summed E-state index contributed by atoms with van der Waals surface area (Å²) >= 11 is 0. The second-order valence-corrected chi connectivity index (χ2v) is 9.52. The van der Waals surface area contributed by atoms with Crippen molar-refractivity contribution in [2.45, 2.75) is 31.1 Å². The van der Waals surface area contributed by atoms with Gasteiger partial charge in [0.1, 0.15) is 16.5 Å². The first-order chi connectivity index (χ1) is 15.0. The molecule has 0 amide bonds. The highest BCUT2D eigenvalue weighted by molar-refractivity contribution is 7.89. The van der Waals surface area contributed by atoms with Crippen LogP contribution in [0.4, 0.5) is 5.82 Å². The fourth-order valence-corrected chi connectivity index (χ4v) is 5.10. The maximum atomic E-state index is 12.7. The van der Waals surface area contributed by atoms with Crippen LogP contribution in [0.2, 0.25) is 0 Å². The number of nitrogens with one attached hydrogen (secondary N) is 1. The summed E-state index contributed by atoms with van der Waals surface area (Å²) in [6.07, 6.45) is 4.28. The van der Waals surface area contributed by atoms with Gasteiger partial charge in [0, 0.05) is 19.3 Å². The molecule has 4 rings (SSSR count). The average Bonchev–Trinajstić information content (AvgIpc) is 2.82. The molecule has 0 spiro atoms. The summed E-state index contributed by atoms with van der Waals surface area (Å²) in [6.45, 7) is 3.06. The molecule has 2 aromatic carbocycles. The molecular formula is C23H26N4O3S. The molecule has 1 aromatic heterocycles. The van der Waals surface area contributed by atoms with Crippen LogP contribution in [0.1, 0.15) is 31.7 Å². The molecule has 0 radical (unpaired) electrons. The van der Waals surface area contributed by atoms with E-state index in [1.807, 2.05) is 37.3 Å². The highest BCUT2D eigenvalue weighted by Crippen LogP contribution is 2.23. The number of methoxy groups -OCH3 is 1. The van der Waals surface area contributed by atoms with Crippen LogP contribution < -0.4 is 10.2 Å². The highest BCUT2D eigenvalue weighted by atomic mass is 32.2. The lowest BCUT2D eigenvalue weighted by molar-refractivity contribution is 0.346. The van der Waals surface area contributed by atoms with E-state index in [1.54, 1.807) is 19.2 Å². The van der Waals surface area contributed by atoms with Crippen molar-refractivity contribution in [1.29, 1.82) is 0 Å². The lowest BCUT2D eigenvalue weighted by atomic mass is 10.0. The van der Waals surface area contributed by atoms with Crippen LogP contribution in [0.15, 0.2) is 64.7 Å². The number of piperidine rings is 1. The van der Waals surface area contributed by atoms with Gasteiger partial charge in [-0.3, -0.25) is 5.43 Å². The Kier molecular flexibility index (Phi) is 6.20. The van der Waals surface area contributed by atoms with E-state index in [9.17, 15) is 8.42 Å². The predicted octanol–water partition coefficient (Wildman–Crippen LogP) is 4.25. The number of benzene rings is 2. The third-order valence-electron chi connectivity index (χ3n) is 5.49. The van der Waals surface area contributed by atoms with Crippen molar-refractivity contribution in [3.63, 3.8) is 0 Å². The number of hydrazone groups is 1. The number of pyridine rings is 1. The van der Waals surface area contributed by atoms with E-state index < -0.39 is 10.0 Å². The molecule has 162 valence electrons. The fourth-order valence-electron chi connectivity index (χ4n) is 3.63. The number of aromatic nitrogens is 1. The zero-order valence-corrected chi connectivity index (χ0v) is 18.5. The van der Waals surface area contributed by atoms with E-state index in [4.69, 9.17) is 4.74 Å². The topological polar surface area (TPSA) is 83.9 Å². The van der Waals surface area contributed by atoms with Gasteiger partial charge in [-0.2, -0.15) is 9.41 Å². The molecule has 7 nitrogen and oxygen atoms in total. The monoisotopic (exact) mass is 438 g/mol. The molecular weight excluding hydrogens is 412 g/mol. The second kappa shape index (κ2) is 9.03. The van der Waals surface area contributed by atoms with Crippen LogP contribution in [0.5, 0.6) is 5.75 Å². The Morgan fingerprint density at radius 2 is 1.77 bits per heavy atom. The number of hydrogen-bond donors (Lipinski definition) is 1. The van der Waals surface area contributed by atoms with Gasteiger partial charge in [0.15, 0.2) is 0 Å². The maximum absolute atomic E-state index is 12.7. The summed E-state index contributed by atoms with van der Waals surface area (Å²) in [5.41, 5.74) is 4.69. The minimum absolute atomic E-state index is 0.214. The molecule has 0 atom stereocenters. The molecule has 0 aliphatic carbocycles. The third-order valence-corrected chi connectivity index (χ3v) is 7.37. The third kappa shape index (κ3) is 4.70. The van der Waals surface area contributed by atoms with Gasteiger partial charge in [-0.1, -0.05) is 24.6 Å². The molecule has 1 aliphatic heterocycles. The quantitative estimate of drug-likeness (QED) is 0.459. The molecule has 0 saturated carbocycles. The Morgan fingerprint density at radius 3 is 2.48 bits per heavy atom. The van der Waals surface area contributed by atoms with Gasteiger partial charge in [-0.05, 0) is 66.4 Å². The summed E-state index contributed by atoms with van der Waals surface area (Å²) in [5.74, 6) is 1.31. The Hall–Kier alpha value is -2.97. The smallest absolute Gasteiger partial charge is 0.244 e. The predicted molar refractivity (Wildman–Crippen MR) is 123 cm³/mol. The van der Waals surface area contributed by atoms with Crippen LogP contribution in [0, 0.1) is 0 Å². The summed E-state index contributed by atoms with van der Waals surface area (Å²) in [5, 5.41) is 6.60. The Bertz CT molecular complexity index is 1200. The molecule has 3 aromatic rings. The van der Waals surface area contributed by atoms with Crippen molar-refractivity contribution < 1.29 is 13.2 Å². The first-order valence-electron chi connectivity index (χ1n) is 10.3. The van der Waals surface area contributed by atoms with Gasteiger partial charge >= 0.3 is 0 Å². The summed E-state index contributed by atoms with van der Waals surface area (Å²) in [6, 6.07) is 15.3. The molecule has 1 N–H and O–H groups in total. The van der Waals surface area contributed by atoms with E-state index in [0.717, 1.165) is 47.1 Å².